The van der Waals surface area contributed by atoms with Crippen molar-refractivity contribution in [2.75, 3.05) is 32.9 Å². The normalized spacial score (nSPS) is 14.2. The van der Waals surface area contributed by atoms with Crippen LogP contribution in [-0.4, -0.2) is 33.0 Å². The summed E-state index contributed by atoms with van der Waals surface area (Å²) in [4.78, 5) is 10.9. The molecule has 2 aromatic carbocycles. The van der Waals surface area contributed by atoms with Gasteiger partial charge in [0, 0.05) is 50.8 Å². The van der Waals surface area contributed by atoms with Gasteiger partial charge < -0.3 is 14.6 Å². The third-order valence-corrected chi connectivity index (χ3v) is 6.75. The molecule has 0 aliphatic heterocycles. The predicted octanol–water partition coefficient (Wildman–Crippen LogP) is 7.48. The largest absolute Gasteiger partial charge is 0.496 e. The van der Waals surface area contributed by atoms with Crippen LogP contribution < -0.4 is 14.5 Å². The summed E-state index contributed by atoms with van der Waals surface area (Å²) >= 11 is 0. The first-order valence-corrected chi connectivity index (χ1v) is 13.0. The number of ether oxygens (including phenoxy) is 2. The number of hydrogen-bond acceptors (Lipinski definition) is 5. The molecular weight excluding hydrogens is 678 g/mol. The molecular formula is C29H44N2O4U. The maximum absolute atomic E-state index is 10.9. The van der Waals surface area contributed by atoms with E-state index in [1.165, 1.54) is 68.4 Å². The Kier molecular flexibility index (Phi) is 16.1. The van der Waals surface area contributed by atoms with Crippen molar-refractivity contribution < 1.29 is 45.7 Å². The average molecular weight is 723 g/mol. The van der Waals surface area contributed by atoms with Crippen molar-refractivity contribution in [1.82, 2.24) is 0 Å². The van der Waals surface area contributed by atoms with Gasteiger partial charge in [-0.3, -0.25) is 0 Å². The molecule has 0 aromatic heterocycles. The zero-order chi connectivity index (χ0) is 25.6. The second-order valence-corrected chi connectivity index (χ2v) is 9.28. The van der Waals surface area contributed by atoms with E-state index in [-0.39, 0.29) is 31.1 Å². The van der Waals surface area contributed by atoms with Crippen LogP contribution in [0.15, 0.2) is 35.6 Å². The zero-order valence-corrected chi connectivity index (χ0v) is 27.0. The Labute approximate surface area is 241 Å². The summed E-state index contributed by atoms with van der Waals surface area (Å²) in [5, 5.41) is 11.4. The van der Waals surface area contributed by atoms with Gasteiger partial charge in [0.15, 0.2) is 0 Å². The summed E-state index contributed by atoms with van der Waals surface area (Å²) in [6.07, 6.45) is 13.8. The number of nitrogens with zero attached hydrogens (tertiary/aromatic N) is 2. The first kappa shape index (κ1) is 32.5. The van der Waals surface area contributed by atoms with Crippen molar-refractivity contribution in [2.24, 2.45) is 11.2 Å². The van der Waals surface area contributed by atoms with Gasteiger partial charge in [0.25, 0.3) is 0 Å². The predicted molar refractivity (Wildman–Crippen MR) is 145 cm³/mol. The molecule has 0 amide bonds. The van der Waals surface area contributed by atoms with Crippen molar-refractivity contribution in [3.63, 3.8) is 0 Å². The maximum Gasteiger partial charge on any atom is 0.126 e. The first-order valence-electron chi connectivity index (χ1n) is 13.0. The number of aryl methyl sites for hydroxylation is 1. The molecule has 4 rings (SSSR count). The molecule has 2 fully saturated rings. The monoisotopic (exact) mass is 722 g/mol. The van der Waals surface area contributed by atoms with Crippen LogP contribution in [0.2, 0.25) is 0 Å². The van der Waals surface area contributed by atoms with Gasteiger partial charge in [0.1, 0.15) is 11.5 Å². The van der Waals surface area contributed by atoms with E-state index in [9.17, 15) is 4.91 Å². The molecule has 7 heteroatoms. The second-order valence-electron chi connectivity index (χ2n) is 9.28. The Balaban J connectivity index is 0.000000621. The number of aliphatic hydroxyl groups excluding tert-OH is 1. The van der Waals surface area contributed by atoms with Crippen molar-refractivity contribution >= 4 is 5.69 Å². The Morgan fingerprint density at radius 3 is 2.08 bits per heavy atom. The number of rotatable bonds is 9. The number of benzene rings is 2. The third kappa shape index (κ3) is 10.1. The van der Waals surface area contributed by atoms with Gasteiger partial charge in [-0.2, -0.15) is 0 Å². The van der Waals surface area contributed by atoms with E-state index in [2.05, 4.69) is 29.6 Å². The zero-order valence-electron chi connectivity index (χ0n) is 22.8. The molecule has 198 valence electrons. The molecule has 0 bridgehead atoms. The fraction of sp³-hybridized carbons (Fsp3) is 0.586. The van der Waals surface area contributed by atoms with E-state index in [4.69, 9.17) is 14.6 Å². The van der Waals surface area contributed by atoms with Crippen LogP contribution in [0.1, 0.15) is 75.8 Å². The summed E-state index contributed by atoms with van der Waals surface area (Å²) in [6.45, 7) is 4.60. The Morgan fingerprint density at radius 2 is 1.58 bits per heavy atom. The SMILES string of the molecule is C1CCCCC1.CCOc1cc(-c2ccc(N(C)N=O)cc2CCC2CC2)cc(OC)c1C.CO.[U]. The van der Waals surface area contributed by atoms with Crippen LogP contribution in [0, 0.1) is 48.9 Å². The van der Waals surface area contributed by atoms with Crippen LogP contribution in [0.25, 0.3) is 11.1 Å². The van der Waals surface area contributed by atoms with Crippen molar-refractivity contribution in [3.05, 3.63) is 46.4 Å². The smallest absolute Gasteiger partial charge is 0.126 e. The first-order chi connectivity index (χ1) is 17.1. The summed E-state index contributed by atoms with van der Waals surface area (Å²) < 4.78 is 11.4. The molecule has 0 spiro atoms. The van der Waals surface area contributed by atoms with Gasteiger partial charge in [0.05, 0.1) is 24.7 Å². The topological polar surface area (TPSA) is 71.4 Å². The molecule has 2 aliphatic carbocycles. The molecule has 0 saturated heterocycles. The van der Waals surface area contributed by atoms with Gasteiger partial charge in [-0.05, 0) is 73.6 Å². The minimum Gasteiger partial charge on any atom is -0.496 e. The van der Waals surface area contributed by atoms with Crippen LogP contribution >= 0.6 is 0 Å². The van der Waals surface area contributed by atoms with Crippen molar-refractivity contribution in [1.29, 1.82) is 0 Å². The molecule has 2 saturated carbocycles. The van der Waals surface area contributed by atoms with Gasteiger partial charge in [0.2, 0.25) is 0 Å². The second kappa shape index (κ2) is 17.8. The van der Waals surface area contributed by atoms with E-state index < -0.39 is 0 Å². The average Bonchev–Trinajstić information content (AvgIpc) is 3.75. The standard InChI is InChI=1S/C22H28N2O3.C6H12.CH4O.U/c1-5-27-22-14-18(13-21(26-4)15(22)2)20-11-10-19(24(3)23-25)12-17(20)9-8-16-6-7-16;1-2-4-6-5-3-1;1-2;/h10-14,16H,5-9H2,1-4H3;1-6H2;2H,1H3;. The van der Waals surface area contributed by atoms with E-state index in [0.717, 1.165) is 53.3 Å². The molecule has 6 nitrogen and oxygen atoms in total. The number of hydrogen-bond donors (Lipinski definition) is 1. The Morgan fingerprint density at radius 1 is 1.00 bits per heavy atom. The van der Waals surface area contributed by atoms with Crippen LogP contribution in [0.3, 0.4) is 0 Å². The van der Waals surface area contributed by atoms with Gasteiger partial charge in [-0.15, -0.1) is 4.91 Å². The minimum atomic E-state index is 0. The molecule has 0 atom stereocenters. The summed E-state index contributed by atoms with van der Waals surface area (Å²) in [6, 6.07) is 10.2. The van der Waals surface area contributed by atoms with E-state index >= 15 is 0 Å². The van der Waals surface area contributed by atoms with E-state index in [1.54, 1.807) is 14.2 Å². The molecule has 0 radical (unpaired) electrons. The quantitative estimate of drug-likeness (QED) is 0.215. The van der Waals surface area contributed by atoms with Crippen molar-refractivity contribution in [3.8, 4) is 22.6 Å². The Bertz CT molecular complexity index is 903. The molecule has 2 aromatic rings. The van der Waals surface area contributed by atoms with Crippen LogP contribution in [-0.2, 0) is 6.42 Å². The summed E-state index contributed by atoms with van der Waals surface area (Å²) in [5.41, 5.74) is 5.26. The molecule has 0 unspecified atom stereocenters. The Hall–Kier alpha value is -1.55. The van der Waals surface area contributed by atoms with E-state index in [0.29, 0.717) is 6.61 Å². The number of nitroso groups, excluding NO2 is 1. The number of anilines is 1. The maximum atomic E-state index is 10.9. The van der Waals surface area contributed by atoms with Crippen LogP contribution in [0.5, 0.6) is 11.5 Å². The molecule has 36 heavy (non-hydrogen) atoms. The summed E-state index contributed by atoms with van der Waals surface area (Å²) in [7, 11) is 4.36. The van der Waals surface area contributed by atoms with Gasteiger partial charge >= 0.3 is 0 Å². The summed E-state index contributed by atoms with van der Waals surface area (Å²) in [5.74, 6) is 2.51. The van der Waals surface area contributed by atoms with Gasteiger partial charge in [-0.1, -0.05) is 57.4 Å². The molecule has 1 N–H and O–H groups in total. The van der Waals surface area contributed by atoms with Gasteiger partial charge in [-0.25, -0.2) is 5.01 Å². The minimum absolute atomic E-state index is 0. The molecule has 2 aliphatic rings. The number of aliphatic hydroxyl groups is 1. The molecule has 0 heterocycles. The fourth-order valence-corrected chi connectivity index (χ4v) is 4.48. The fourth-order valence-electron chi connectivity index (χ4n) is 4.48. The van der Waals surface area contributed by atoms with Crippen LogP contribution in [0.4, 0.5) is 5.69 Å². The number of methoxy groups -OCH3 is 1. The van der Waals surface area contributed by atoms with E-state index in [1.807, 2.05) is 19.9 Å². The third-order valence-electron chi connectivity index (χ3n) is 6.75. The van der Waals surface area contributed by atoms with Crippen molar-refractivity contribution in [2.45, 2.75) is 78.1 Å².